The van der Waals surface area contributed by atoms with Crippen molar-refractivity contribution in [2.24, 2.45) is 0 Å². The number of piperazine rings is 1. The maximum absolute atomic E-state index is 13.5. The number of carbonyl (C=O) groups is 1. The summed E-state index contributed by atoms with van der Waals surface area (Å²) < 4.78 is 33.9. The van der Waals surface area contributed by atoms with Crippen LogP contribution >= 0.6 is 0 Å². The van der Waals surface area contributed by atoms with Gasteiger partial charge in [-0.3, -0.25) is 4.79 Å². The van der Waals surface area contributed by atoms with E-state index in [-0.39, 0.29) is 17.2 Å². The van der Waals surface area contributed by atoms with Gasteiger partial charge in [0.1, 0.15) is 11.8 Å². The van der Waals surface area contributed by atoms with Crippen molar-refractivity contribution in [1.82, 2.24) is 9.62 Å². The highest BCUT2D eigenvalue weighted by atomic mass is 32.2. The molecule has 34 heavy (non-hydrogen) atoms. The van der Waals surface area contributed by atoms with E-state index >= 15 is 0 Å². The Balaban J connectivity index is 1.48. The SMILES string of the molecule is COc1ccc(N2CCN(C(=O)[C@@H](Cc3ccccc3)NS(=O)(=O)c3ccccc3)CC2)cc1. The van der Waals surface area contributed by atoms with E-state index in [1.165, 1.54) is 12.1 Å². The van der Waals surface area contributed by atoms with Crippen LogP contribution in [0.3, 0.4) is 0 Å². The fourth-order valence-electron chi connectivity index (χ4n) is 4.08. The van der Waals surface area contributed by atoms with Gasteiger partial charge in [-0.15, -0.1) is 0 Å². The number of nitrogens with one attached hydrogen (secondary N) is 1. The molecule has 7 nitrogen and oxygen atoms in total. The molecular weight excluding hydrogens is 450 g/mol. The molecule has 0 radical (unpaired) electrons. The highest BCUT2D eigenvalue weighted by Gasteiger charge is 2.31. The standard InChI is InChI=1S/C26H29N3O4S/c1-33-23-14-12-22(13-15-23)28-16-18-29(19-17-28)26(30)25(20-21-8-4-2-5-9-21)27-34(31,32)24-10-6-3-7-11-24/h2-15,25,27H,16-20H2,1H3/t25-/m1/s1. The second-order valence-corrected chi connectivity index (χ2v) is 9.90. The Morgan fingerprint density at radius 1 is 0.882 bits per heavy atom. The lowest BCUT2D eigenvalue weighted by Gasteiger charge is -2.37. The number of methoxy groups -OCH3 is 1. The van der Waals surface area contributed by atoms with Crippen LogP contribution in [0.4, 0.5) is 5.69 Å². The molecule has 0 saturated carbocycles. The molecule has 1 heterocycles. The molecule has 1 amide bonds. The van der Waals surface area contributed by atoms with E-state index in [1.807, 2.05) is 54.6 Å². The molecule has 1 saturated heterocycles. The van der Waals surface area contributed by atoms with Crippen LogP contribution in [0.25, 0.3) is 0 Å². The zero-order valence-electron chi connectivity index (χ0n) is 19.1. The highest BCUT2D eigenvalue weighted by Crippen LogP contribution is 2.21. The molecule has 3 aromatic rings. The Kier molecular flexibility index (Phi) is 7.49. The predicted octanol–water partition coefficient (Wildman–Crippen LogP) is 2.93. The van der Waals surface area contributed by atoms with Crippen LogP contribution in [0, 0.1) is 0 Å². The molecule has 0 unspecified atom stereocenters. The van der Waals surface area contributed by atoms with E-state index in [1.54, 1.807) is 30.2 Å². The molecule has 0 spiro atoms. The summed E-state index contributed by atoms with van der Waals surface area (Å²) >= 11 is 0. The molecule has 1 atom stereocenters. The summed E-state index contributed by atoms with van der Waals surface area (Å²) in [6.45, 7) is 2.37. The topological polar surface area (TPSA) is 79.0 Å². The summed E-state index contributed by atoms with van der Waals surface area (Å²) in [5.74, 6) is 0.588. The Morgan fingerprint density at radius 2 is 1.47 bits per heavy atom. The van der Waals surface area contributed by atoms with Crippen LogP contribution in [-0.2, 0) is 21.2 Å². The first-order valence-corrected chi connectivity index (χ1v) is 12.7. The van der Waals surface area contributed by atoms with Gasteiger partial charge >= 0.3 is 0 Å². The van der Waals surface area contributed by atoms with Gasteiger partial charge in [-0.1, -0.05) is 48.5 Å². The number of benzene rings is 3. The first-order valence-electron chi connectivity index (χ1n) is 11.3. The number of nitrogens with zero attached hydrogens (tertiary/aromatic N) is 2. The molecule has 1 aliphatic rings. The zero-order chi connectivity index (χ0) is 24.0. The van der Waals surface area contributed by atoms with Gasteiger partial charge in [0.2, 0.25) is 15.9 Å². The van der Waals surface area contributed by atoms with Crippen molar-refractivity contribution in [2.45, 2.75) is 17.4 Å². The normalized spacial score (nSPS) is 15.1. The number of ether oxygens (including phenoxy) is 1. The molecule has 0 bridgehead atoms. The number of carbonyl (C=O) groups excluding carboxylic acids is 1. The number of amides is 1. The van der Waals surface area contributed by atoms with E-state index in [0.717, 1.165) is 17.0 Å². The summed E-state index contributed by atoms with van der Waals surface area (Å²) in [6, 6.07) is 24.6. The first kappa shape index (κ1) is 23.8. The minimum Gasteiger partial charge on any atom is -0.497 e. The lowest BCUT2D eigenvalue weighted by Crippen LogP contribution is -2.55. The van der Waals surface area contributed by atoms with Crippen LogP contribution in [0.5, 0.6) is 5.75 Å². The summed E-state index contributed by atoms with van der Waals surface area (Å²) in [6.07, 6.45) is 0.282. The van der Waals surface area contributed by atoms with Crippen molar-refractivity contribution in [1.29, 1.82) is 0 Å². The Morgan fingerprint density at radius 3 is 2.06 bits per heavy atom. The van der Waals surface area contributed by atoms with Gasteiger partial charge in [-0.25, -0.2) is 8.42 Å². The van der Waals surface area contributed by atoms with Crippen LogP contribution in [0.1, 0.15) is 5.56 Å². The summed E-state index contributed by atoms with van der Waals surface area (Å²) in [5.41, 5.74) is 1.96. The van der Waals surface area contributed by atoms with E-state index in [2.05, 4.69) is 9.62 Å². The van der Waals surface area contributed by atoms with Gasteiger partial charge in [0.05, 0.1) is 12.0 Å². The Hall–Kier alpha value is -3.36. The van der Waals surface area contributed by atoms with E-state index in [9.17, 15) is 13.2 Å². The van der Waals surface area contributed by atoms with Crippen molar-refractivity contribution in [2.75, 3.05) is 38.2 Å². The third kappa shape index (κ3) is 5.76. The molecule has 1 N–H and O–H groups in total. The largest absolute Gasteiger partial charge is 0.497 e. The second-order valence-electron chi connectivity index (χ2n) is 8.19. The molecule has 3 aromatic carbocycles. The van der Waals surface area contributed by atoms with Crippen molar-refractivity contribution in [3.8, 4) is 5.75 Å². The lowest BCUT2D eigenvalue weighted by molar-refractivity contribution is -0.133. The number of hydrogen-bond donors (Lipinski definition) is 1. The van der Waals surface area contributed by atoms with E-state index < -0.39 is 16.1 Å². The third-order valence-corrected chi connectivity index (χ3v) is 7.45. The number of hydrogen-bond acceptors (Lipinski definition) is 5. The summed E-state index contributed by atoms with van der Waals surface area (Å²) in [4.78, 5) is 17.6. The smallest absolute Gasteiger partial charge is 0.241 e. The summed E-state index contributed by atoms with van der Waals surface area (Å²) in [7, 11) is -2.21. The zero-order valence-corrected chi connectivity index (χ0v) is 19.9. The van der Waals surface area contributed by atoms with Gasteiger partial charge in [0, 0.05) is 31.9 Å². The quantitative estimate of drug-likeness (QED) is 0.538. The fraction of sp³-hybridized carbons (Fsp3) is 0.269. The van der Waals surface area contributed by atoms with Gasteiger partial charge < -0.3 is 14.5 Å². The fourth-order valence-corrected chi connectivity index (χ4v) is 5.29. The minimum atomic E-state index is -3.84. The van der Waals surface area contributed by atoms with Crippen LogP contribution in [0.15, 0.2) is 89.8 Å². The molecule has 8 heteroatoms. The van der Waals surface area contributed by atoms with Crippen molar-refractivity contribution < 1.29 is 17.9 Å². The molecule has 178 valence electrons. The van der Waals surface area contributed by atoms with E-state index in [4.69, 9.17) is 4.74 Å². The average Bonchev–Trinajstić information content (AvgIpc) is 2.89. The monoisotopic (exact) mass is 479 g/mol. The molecule has 0 aliphatic carbocycles. The van der Waals surface area contributed by atoms with Crippen LogP contribution < -0.4 is 14.4 Å². The Labute approximate surface area is 201 Å². The van der Waals surface area contributed by atoms with Gasteiger partial charge in [-0.2, -0.15) is 4.72 Å². The van der Waals surface area contributed by atoms with Gasteiger partial charge in [0.15, 0.2) is 0 Å². The van der Waals surface area contributed by atoms with Crippen LogP contribution in [0.2, 0.25) is 0 Å². The van der Waals surface area contributed by atoms with Crippen molar-refractivity contribution >= 4 is 21.6 Å². The van der Waals surface area contributed by atoms with E-state index in [0.29, 0.717) is 26.2 Å². The van der Waals surface area contributed by atoms with Crippen LogP contribution in [-0.4, -0.2) is 58.6 Å². The molecule has 1 fully saturated rings. The van der Waals surface area contributed by atoms with Gasteiger partial charge in [-0.05, 0) is 48.4 Å². The third-order valence-electron chi connectivity index (χ3n) is 5.96. The second kappa shape index (κ2) is 10.7. The molecule has 0 aromatic heterocycles. The maximum atomic E-state index is 13.5. The molecule has 1 aliphatic heterocycles. The number of sulfonamides is 1. The maximum Gasteiger partial charge on any atom is 0.241 e. The van der Waals surface area contributed by atoms with Crippen molar-refractivity contribution in [3.63, 3.8) is 0 Å². The highest BCUT2D eigenvalue weighted by molar-refractivity contribution is 7.89. The first-order chi connectivity index (χ1) is 16.5. The minimum absolute atomic E-state index is 0.144. The number of anilines is 1. The predicted molar refractivity (Wildman–Crippen MR) is 132 cm³/mol. The number of rotatable bonds is 8. The van der Waals surface area contributed by atoms with Gasteiger partial charge in [0.25, 0.3) is 0 Å². The average molecular weight is 480 g/mol. The van der Waals surface area contributed by atoms with Crippen molar-refractivity contribution in [3.05, 3.63) is 90.5 Å². The molecular formula is C26H29N3O4S. The lowest BCUT2D eigenvalue weighted by atomic mass is 10.1. The Bertz CT molecular complexity index is 1180. The summed E-state index contributed by atoms with van der Waals surface area (Å²) in [5, 5.41) is 0. The molecule has 4 rings (SSSR count).